The molecule has 1 aromatic carbocycles. The fourth-order valence-corrected chi connectivity index (χ4v) is 5.93. The summed E-state index contributed by atoms with van der Waals surface area (Å²) in [7, 11) is -4.10. The SMILES string of the molecule is Cc1ccc([C@H]2CCCCCN2S(=O)(=O)c2cc(F)ccc2F)s1. The topological polar surface area (TPSA) is 37.4 Å². The van der Waals surface area contributed by atoms with E-state index in [1.165, 1.54) is 4.31 Å². The maximum Gasteiger partial charge on any atom is 0.246 e. The van der Waals surface area contributed by atoms with Crippen molar-refractivity contribution >= 4 is 21.4 Å². The smallest absolute Gasteiger partial charge is 0.207 e. The number of aryl methyl sites for hydroxylation is 1. The van der Waals surface area contributed by atoms with E-state index in [9.17, 15) is 17.2 Å². The number of benzene rings is 1. The average Bonchev–Trinajstić information content (AvgIpc) is 2.82. The summed E-state index contributed by atoms with van der Waals surface area (Å²) in [5.74, 6) is -1.67. The Kier molecular flexibility index (Phi) is 5.03. The lowest BCUT2D eigenvalue weighted by atomic mass is 10.1. The molecule has 3 nitrogen and oxygen atoms in total. The van der Waals surface area contributed by atoms with Crippen LogP contribution >= 0.6 is 11.3 Å². The molecule has 2 aromatic rings. The number of sulfonamides is 1. The number of halogens is 2. The third-order valence-corrected chi connectivity index (χ3v) is 7.30. The highest BCUT2D eigenvalue weighted by atomic mass is 32.2. The fraction of sp³-hybridized carbons (Fsp3) is 0.412. The molecule has 0 amide bonds. The average molecular weight is 371 g/mol. The Balaban J connectivity index is 2.06. The number of nitrogens with zero attached hydrogens (tertiary/aromatic N) is 1. The van der Waals surface area contributed by atoms with Crippen LogP contribution in [0, 0.1) is 18.6 Å². The minimum Gasteiger partial charge on any atom is -0.207 e. The summed E-state index contributed by atoms with van der Waals surface area (Å²) < 4.78 is 55.0. The summed E-state index contributed by atoms with van der Waals surface area (Å²) in [6, 6.07) is 6.13. The highest BCUT2D eigenvalue weighted by Crippen LogP contribution is 2.38. The minimum absolute atomic E-state index is 0.319. The van der Waals surface area contributed by atoms with Gasteiger partial charge in [0, 0.05) is 16.3 Å². The summed E-state index contributed by atoms with van der Waals surface area (Å²) in [5, 5.41) is 0. The zero-order chi connectivity index (χ0) is 17.3. The maximum atomic E-state index is 14.1. The van der Waals surface area contributed by atoms with E-state index in [-0.39, 0.29) is 6.04 Å². The Hall–Kier alpha value is -1.31. The van der Waals surface area contributed by atoms with Gasteiger partial charge < -0.3 is 0 Å². The van der Waals surface area contributed by atoms with Gasteiger partial charge in [0.05, 0.1) is 6.04 Å². The van der Waals surface area contributed by atoms with Gasteiger partial charge in [-0.05, 0) is 50.1 Å². The van der Waals surface area contributed by atoms with E-state index < -0.39 is 26.6 Å². The first-order valence-corrected chi connectivity index (χ1v) is 10.2. The van der Waals surface area contributed by atoms with Gasteiger partial charge in [-0.2, -0.15) is 4.31 Å². The Morgan fingerprint density at radius 1 is 1.12 bits per heavy atom. The van der Waals surface area contributed by atoms with Gasteiger partial charge in [-0.25, -0.2) is 17.2 Å². The van der Waals surface area contributed by atoms with Crippen LogP contribution < -0.4 is 0 Å². The Labute approximate surface area is 145 Å². The molecule has 0 radical (unpaired) electrons. The molecule has 0 spiro atoms. The molecule has 3 rings (SSSR count). The van der Waals surface area contributed by atoms with Gasteiger partial charge in [0.25, 0.3) is 0 Å². The van der Waals surface area contributed by atoms with E-state index in [1.54, 1.807) is 11.3 Å². The quantitative estimate of drug-likeness (QED) is 0.788. The van der Waals surface area contributed by atoms with Crippen molar-refractivity contribution in [2.45, 2.75) is 43.5 Å². The normalized spacial score (nSPS) is 20.0. The van der Waals surface area contributed by atoms with Crippen LogP contribution in [0.15, 0.2) is 35.2 Å². The molecule has 130 valence electrons. The van der Waals surface area contributed by atoms with Crippen molar-refractivity contribution in [1.29, 1.82) is 0 Å². The molecular formula is C17H19F2NO2S2. The third-order valence-electron chi connectivity index (χ3n) is 4.27. The van der Waals surface area contributed by atoms with Crippen LogP contribution in [0.25, 0.3) is 0 Å². The largest absolute Gasteiger partial charge is 0.246 e. The lowest BCUT2D eigenvalue weighted by Crippen LogP contribution is -2.35. The van der Waals surface area contributed by atoms with Crippen LogP contribution in [0.3, 0.4) is 0 Å². The molecule has 1 aliphatic rings. The maximum absolute atomic E-state index is 14.1. The van der Waals surface area contributed by atoms with Crippen molar-refractivity contribution in [3.05, 3.63) is 51.7 Å². The monoisotopic (exact) mass is 371 g/mol. The molecule has 7 heteroatoms. The number of thiophene rings is 1. The van der Waals surface area contributed by atoms with Crippen LogP contribution in [0.1, 0.15) is 41.5 Å². The number of hydrogen-bond acceptors (Lipinski definition) is 3. The van der Waals surface area contributed by atoms with Crippen LogP contribution in [-0.4, -0.2) is 19.3 Å². The van der Waals surface area contributed by atoms with Gasteiger partial charge in [0.15, 0.2) is 0 Å². The van der Waals surface area contributed by atoms with E-state index in [1.807, 2.05) is 19.1 Å². The van der Waals surface area contributed by atoms with Gasteiger partial charge in [0.2, 0.25) is 10.0 Å². The van der Waals surface area contributed by atoms with Crippen LogP contribution in [-0.2, 0) is 10.0 Å². The molecule has 1 atom stereocenters. The van der Waals surface area contributed by atoms with Gasteiger partial charge in [0.1, 0.15) is 16.5 Å². The second kappa shape index (κ2) is 6.90. The van der Waals surface area contributed by atoms with Crippen molar-refractivity contribution in [1.82, 2.24) is 4.31 Å². The summed E-state index contributed by atoms with van der Waals surface area (Å²) >= 11 is 1.55. The molecule has 0 unspecified atom stereocenters. The second-order valence-electron chi connectivity index (χ2n) is 6.00. The van der Waals surface area contributed by atoms with E-state index in [0.29, 0.717) is 13.0 Å². The highest BCUT2D eigenvalue weighted by molar-refractivity contribution is 7.89. The van der Waals surface area contributed by atoms with Crippen molar-refractivity contribution in [3.63, 3.8) is 0 Å². The Morgan fingerprint density at radius 3 is 2.62 bits per heavy atom. The summed E-state index contributed by atoms with van der Waals surface area (Å²) in [4.78, 5) is 1.47. The summed E-state index contributed by atoms with van der Waals surface area (Å²) in [6.07, 6.45) is 3.25. The summed E-state index contributed by atoms with van der Waals surface area (Å²) in [5.41, 5.74) is 0. The third kappa shape index (κ3) is 3.38. The minimum atomic E-state index is -4.10. The molecule has 24 heavy (non-hydrogen) atoms. The van der Waals surface area contributed by atoms with E-state index in [2.05, 4.69) is 0 Å². The standard InChI is InChI=1S/C17H19F2NO2S2/c1-12-6-9-16(23-12)15-5-3-2-4-10-20(15)24(21,22)17-11-13(18)7-8-14(17)19/h6-9,11,15H,2-5,10H2,1H3/t15-/m1/s1. The zero-order valence-corrected chi connectivity index (χ0v) is 15.0. The lowest BCUT2D eigenvalue weighted by molar-refractivity contribution is 0.331. The van der Waals surface area contributed by atoms with Crippen LogP contribution in [0.2, 0.25) is 0 Å². The molecule has 0 N–H and O–H groups in total. The van der Waals surface area contributed by atoms with E-state index in [0.717, 1.165) is 47.2 Å². The van der Waals surface area contributed by atoms with Gasteiger partial charge in [-0.15, -0.1) is 11.3 Å². The predicted octanol–water partition coefficient (Wildman–Crippen LogP) is 4.64. The molecule has 1 saturated heterocycles. The lowest BCUT2D eigenvalue weighted by Gasteiger charge is -2.28. The summed E-state index contributed by atoms with van der Waals surface area (Å²) in [6.45, 7) is 2.29. The first-order valence-electron chi connectivity index (χ1n) is 7.93. The number of hydrogen-bond donors (Lipinski definition) is 0. The van der Waals surface area contributed by atoms with E-state index in [4.69, 9.17) is 0 Å². The van der Waals surface area contributed by atoms with Gasteiger partial charge in [-0.3, -0.25) is 0 Å². The highest BCUT2D eigenvalue weighted by Gasteiger charge is 2.35. The Morgan fingerprint density at radius 2 is 1.92 bits per heavy atom. The predicted molar refractivity (Wildman–Crippen MR) is 90.5 cm³/mol. The van der Waals surface area contributed by atoms with Crippen LogP contribution in [0.5, 0.6) is 0 Å². The zero-order valence-electron chi connectivity index (χ0n) is 13.3. The fourth-order valence-electron chi connectivity index (χ4n) is 3.09. The van der Waals surface area contributed by atoms with Crippen molar-refractivity contribution in [3.8, 4) is 0 Å². The molecule has 1 aromatic heterocycles. The number of rotatable bonds is 3. The molecule has 1 aliphatic heterocycles. The van der Waals surface area contributed by atoms with Crippen molar-refractivity contribution in [2.24, 2.45) is 0 Å². The van der Waals surface area contributed by atoms with Gasteiger partial charge >= 0.3 is 0 Å². The van der Waals surface area contributed by atoms with E-state index >= 15 is 0 Å². The molecule has 0 saturated carbocycles. The van der Waals surface area contributed by atoms with Crippen LogP contribution in [0.4, 0.5) is 8.78 Å². The molecule has 0 bridgehead atoms. The second-order valence-corrected chi connectivity index (χ2v) is 9.18. The van der Waals surface area contributed by atoms with Crippen molar-refractivity contribution < 1.29 is 17.2 Å². The first kappa shape index (κ1) is 17.5. The molecule has 0 aliphatic carbocycles. The van der Waals surface area contributed by atoms with Crippen molar-refractivity contribution in [2.75, 3.05) is 6.54 Å². The molecular weight excluding hydrogens is 352 g/mol. The molecule has 2 heterocycles. The molecule has 1 fully saturated rings. The Bertz CT molecular complexity index is 833. The van der Waals surface area contributed by atoms with Gasteiger partial charge in [-0.1, -0.05) is 12.8 Å². The first-order chi connectivity index (χ1) is 11.4.